The standard InChI is InChI=1S/C12H17FN2O2/c1-17-9-12(16)15(7-3-6-14)11-5-2-4-10(13)8-11/h2,4-5,8H,3,6-7,9,14H2,1H3. The first kappa shape index (κ1) is 13.6. The van der Waals surface area contributed by atoms with Gasteiger partial charge in [-0.2, -0.15) is 0 Å². The maximum absolute atomic E-state index is 13.1. The lowest BCUT2D eigenvalue weighted by molar-refractivity contribution is -0.122. The molecule has 0 saturated heterocycles. The van der Waals surface area contributed by atoms with E-state index in [-0.39, 0.29) is 18.3 Å². The first-order chi connectivity index (χ1) is 8.19. The first-order valence-electron chi connectivity index (χ1n) is 5.44. The van der Waals surface area contributed by atoms with Crippen molar-refractivity contribution < 1.29 is 13.9 Å². The van der Waals surface area contributed by atoms with Gasteiger partial charge in [0.25, 0.3) is 5.91 Å². The highest BCUT2D eigenvalue weighted by Crippen LogP contribution is 2.16. The molecule has 0 bridgehead atoms. The maximum atomic E-state index is 13.1. The Bertz CT molecular complexity index is 371. The highest BCUT2D eigenvalue weighted by Gasteiger charge is 2.15. The van der Waals surface area contributed by atoms with Crippen LogP contribution in [-0.4, -0.2) is 32.7 Å². The van der Waals surface area contributed by atoms with Crippen molar-refractivity contribution in [3.8, 4) is 0 Å². The van der Waals surface area contributed by atoms with Crippen molar-refractivity contribution in [1.82, 2.24) is 0 Å². The Labute approximate surface area is 100 Å². The number of ether oxygens (including phenoxy) is 1. The molecular formula is C12H17FN2O2. The number of nitrogens with zero attached hydrogens (tertiary/aromatic N) is 1. The SMILES string of the molecule is COCC(=O)N(CCCN)c1cccc(F)c1. The van der Waals surface area contributed by atoms with Crippen molar-refractivity contribution in [2.45, 2.75) is 6.42 Å². The largest absolute Gasteiger partial charge is 0.375 e. The van der Waals surface area contributed by atoms with Crippen molar-refractivity contribution in [2.24, 2.45) is 5.73 Å². The van der Waals surface area contributed by atoms with E-state index in [4.69, 9.17) is 10.5 Å². The van der Waals surface area contributed by atoms with Crippen molar-refractivity contribution in [1.29, 1.82) is 0 Å². The molecule has 0 aliphatic carbocycles. The molecule has 0 spiro atoms. The van der Waals surface area contributed by atoms with Crippen LogP contribution in [0.2, 0.25) is 0 Å². The fraction of sp³-hybridized carbons (Fsp3) is 0.417. The third-order valence-electron chi connectivity index (χ3n) is 2.27. The number of methoxy groups -OCH3 is 1. The molecule has 0 fully saturated rings. The average Bonchev–Trinajstić information content (AvgIpc) is 2.30. The molecule has 0 unspecified atom stereocenters. The van der Waals surface area contributed by atoms with Crippen molar-refractivity contribution >= 4 is 11.6 Å². The van der Waals surface area contributed by atoms with Crippen LogP contribution in [-0.2, 0) is 9.53 Å². The van der Waals surface area contributed by atoms with Gasteiger partial charge in [-0.1, -0.05) is 6.07 Å². The lowest BCUT2D eigenvalue weighted by atomic mass is 10.2. The molecule has 0 aliphatic rings. The summed E-state index contributed by atoms with van der Waals surface area (Å²) < 4.78 is 17.9. The van der Waals surface area contributed by atoms with Gasteiger partial charge in [0.2, 0.25) is 0 Å². The van der Waals surface area contributed by atoms with Crippen LogP contribution >= 0.6 is 0 Å². The molecule has 0 radical (unpaired) electrons. The molecule has 1 amide bonds. The zero-order valence-corrected chi connectivity index (χ0v) is 9.86. The van der Waals surface area contributed by atoms with Gasteiger partial charge in [0.1, 0.15) is 12.4 Å². The summed E-state index contributed by atoms with van der Waals surface area (Å²) in [5, 5.41) is 0. The monoisotopic (exact) mass is 240 g/mol. The van der Waals surface area contributed by atoms with Crippen molar-refractivity contribution in [2.75, 3.05) is 31.7 Å². The van der Waals surface area contributed by atoms with Crippen LogP contribution in [0.3, 0.4) is 0 Å². The average molecular weight is 240 g/mol. The summed E-state index contributed by atoms with van der Waals surface area (Å²) in [6.07, 6.45) is 0.659. The van der Waals surface area contributed by atoms with Gasteiger partial charge in [-0.15, -0.1) is 0 Å². The summed E-state index contributed by atoms with van der Waals surface area (Å²) in [7, 11) is 1.45. The zero-order chi connectivity index (χ0) is 12.7. The third-order valence-corrected chi connectivity index (χ3v) is 2.27. The molecule has 0 aromatic heterocycles. The van der Waals surface area contributed by atoms with Crippen molar-refractivity contribution in [3.63, 3.8) is 0 Å². The van der Waals surface area contributed by atoms with E-state index < -0.39 is 0 Å². The maximum Gasteiger partial charge on any atom is 0.252 e. The topological polar surface area (TPSA) is 55.6 Å². The normalized spacial score (nSPS) is 10.3. The van der Waals surface area contributed by atoms with E-state index in [0.29, 0.717) is 25.2 Å². The molecule has 94 valence electrons. The molecule has 0 aliphatic heterocycles. The van der Waals surface area contributed by atoms with Crippen molar-refractivity contribution in [3.05, 3.63) is 30.1 Å². The number of carbonyl (C=O) groups is 1. The van der Waals surface area contributed by atoms with Crippen LogP contribution in [0, 0.1) is 5.82 Å². The van der Waals surface area contributed by atoms with E-state index in [0.717, 1.165) is 0 Å². The minimum absolute atomic E-state index is 0.0267. The van der Waals surface area contributed by atoms with E-state index in [9.17, 15) is 9.18 Å². The molecule has 0 atom stereocenters. The molecule has 0 saturated carbocycles. The van der Waals surface area contributed by atoms with Gasteiger partial charge in [0, 0.05) is 19.3 Å². The van der Waals surface area contributed by atoms with Crippen LogP contribution < -0.4 is 10.6 Å². The number of halogens is 1. The number of benzene rings is 1. The molecular weight excluding hydrogens is 223 g/mol. The second-order valence-electron chi connectivity index (χ2n) is 3.60. The number of hydrogen-bond acceptors (Lipinski definition) is 3. The quantitative estimate of drug-likeness (QED) is 0.811. The number of amides is 1. The van der Waals surface area contributed by atoms with E-state index >= 15 is 0 Å². The van der Waals surface area contributed by atoms with Gasteiger partial charge in [-0.25, -0.2) is 4.39 Å². The van der Waals surface area contributed by atoms with Crippen LogP contribution in [0.25, 0.3) is 0 Å². The molecule has 4 nitrogen and oxygen atoms in total. The lowest BCUT2D eigenvalue weighted by Crippen LogP contribution is -2.35. The van der Waals surface area contributed by atoms with E-state index in [1.54, 1.807) is 12.1 Å². The second-order valence-corrected chi connectivity index (χ2v) is 3.60. The van der Waals surface area contributed by atoms with Gasteiger partial charge in [-0.3, -0.25) is 4.79 Å². The minimum atomic E-state index is -0.370. The van der Waals surface area contributed by atoms with Crippen LogP contribution in [0.1, 0.15) is 6.42 Å². The van der Waals surface area contributed by atoms with Crippen LogP contribution in [0.4, 0.5) is 10.1 Å². The summed E-state index contributed by atoms with van der Waals surface area (Å²) in [6.45, 7) is 0.912. The van der Waals surface area contributed by atoms with E-state index in [1.165, 1.54) is 24.1 Å². The Balaban J connectivity index is 2.85. The van der Waals surface area contributed by atoms with Gasteiger partial charge in [0.05, 0.1) is 0 Å². The minimum Gasteiger partial charge on any atom is -0.375 e. The van der Waals surface area contributed by atoms with E-state index in [2.05, 4.69) is 0 Å². The van der Waals surface area contributed by atoms with E-state index in [1.807, 2.05) is 0 Å². The second kappa shape index (κ2) is 6.98. The predicted molar refractivity (Wildman–Crippen MR) is 64.3 cm³/mol. The molecule has 5 heteroatoms. The summed E-state index contributed by atoms with van der Waals surface area (Å²) in [6, 6.07) is 5.92. The number of hydrogen-bond donors (Lipinski definition) is 1. The number of nitrogens with two attached hydrogens (primary N) is 1. The first-order valence-corrected chi connectivity index (χ1v) is 5.44. The Kier molecular flexibility index (Phi) is 5.59. The predicted octanol–water partition coefficient (Wildman–Crippen LogP) is 1.15. The molecule has 1 aromatic rings. The third kappa shape index (κ3) is 4.13. The summed E-state index contributed by atoms with van der Waals surface area (Å²) in [4.78, 5) is 13.3. The fourth-order valence-corrected chi connectivity index (χ4v) is 1.49. The molecule has 0 heterocycles. The Hall–Kier alpha value is -1.46. The zero-order valence-electron chi connectivity index (χ0n) is 9.86. The Morgan fingerprint density at radius 1 is 1.53 bits per heavy atom. The summed E-state index contributed by atoms with van der Waals surface area (Å²) in [5.74, 6) is -0.572. The number of rotatable bonds is 6. The fourth-order valence-electron chi connectivity index (χ4n) is 1.49. The molecule has 2 N–H and O–H groups in total. The lowest BCUT2D eigenvalue weighted by Gasteiger charge is -2.22. The van der Waals surface area contributed by atoms with Crippen LogP contribution in [0.15, 0.2) is 24.3 Å². The highest BCUT2D eigenvalue weighted by atomic mass is 19.1. The smallest absolute Gasteiger partial charge is 0.252 e. The summed E-state index contributed by atoms with van der Waals surface area (Å²) >= 11 is 0. The molecule has 1 rings (SSSR count). The Morgan fingerprint density at radius 2 is 2.29 bits per heavy atom. The van der Waals surface area contributed by atoms with Gasteiger partial charge in [0.15, 0.2) is 0 Å². The van der Waals surface area contributed by atoms with Gasteiger partial charge >= 0.3 is 0 Å². The van der Waals surface area contributed by atoms with Gasteiger partial charge in [-0.05, 0) is 31.2 Å². The summed E-state index contributed by atoms with van der Waals surface area (Å²) in [5.41, 5.74) is 5.94. The van der Waals surface area contributed by atoms with Crippen LogP contribution in [0.5, 0.6) is 0 Å². The molecule has 1 aromatic carbocycles. The Morgan fingerprint density at radius 3 is 2.88 bits per heavy atom. The highest BCUT2D eigenvalue weighted by molar-refractivity contribution is 5.94. The van der Waals surface area contributed by atoms with Gasteiger partial charge < -0.3 is 15.4 Å². The number of anilines is 1. The molecule has 17 heavy (non-hydrogen) atoms. The number of carbonyl (C=O) groups excluding carboxylic acids is 1.